The van der Waals surface area contributed by atoms with Gasteiger partial charge in [-0.2, -0.15) is 5.10 Å². The second-order valence-corrected chi connectivity index (χ2v) is 7.67. The van der Waals surface area contributed by atoms with E-state index in [1.165, 1.54) is 42.1 Å². The van der Waals surface area contributed by atoms with Crippen LogP contribution in [0.3, 0.4) is 0 Å². The number of hydrogen-bond donors (Lipinski definition) is 2. The first kappa shape index (κ1) is 14.2. The molecule has 1 aliphatic heterocycles. The van der Waals surface area contributed by atoms with E-state index >= 15 is 0 Å². The van der Waals surface area contributed by atoms with E-state index in [2.05, 4.69) is 44.3 Å². The minimum Gasteiger partial charge on any atom is -0.337 e. The monoisotopic (exact) mass is 337 g/mol. The van der Waals surface area contributed by atoms with E-state index in [-0.39, 0.29) is 0 Å². The van der Waals surface area contributed by atoms with Crippen molar-refractivity contribution in [1.29, 1.82) is 0 Å². The van der Waals surface area contributed by atoms with Crippen LogP contribution in [0.5, 0.6) is 0 Å². The largest absolute Gasteiger partial charge is 0.337 e. The fourth-order valence-electron chi connectivity index (χ4n) is 3.49. The van der Waals surface area contributed by atoms with E-state index < -0.39 is 0 Å². The van der Waals surface area contributed by atoms with Gasteiger partial charge in [-0.05, 0) is 50.2 Å². The molecule has 0 unspecified atom stereocenters. The second-order valence-electron chi connectivity index (χ2n) is 6.50. The van der Waals surface area contributed by atoms with Crippen LogP contribution in [0.2, 0.25) is 0 Å². The molecule has 122 valence electrons. The molecule has 4 aromatic rings. The van der Waals surface area contributed by atoms with Crippen molar-refractivity contribution in [3.8, 4) is 10.7 Å². The smallest absolute Gasteiger partial charge is 0.148 e. The van der Waals surface area contributed by atoms with Crippen molar-refractivity contribution >= 4 is 33.3 Å². The van der Waals surface area contributed by atoms with Crippen molar-refractivity contribution in [2.24, 2.45) is 0 Å². The molecule has 6 heteroatoms. The van der Waals surface area contributed by atoms with E-state index in [0.29, 0.717) is 0 Å². The lowest BCUT2D eigenvalue weighted by atomic mass is 10.1. The Bertz CT molecular complexity index is 941. The van der Waals surface area contributed by atoms with Gasteiger partial charge in [-0.1, -0.05) is 6.42 Å². The molecule has 0 aliphatic carbocycles. The molecule has 1 aromatic carbocycles. The number of thiophene rings is 1. The summed E-state index contributed by atoms with van der Waals surface area (Å²) < 4.78 is 0. The standard InChI is InChI=1S/C18H19N5S/c1-2-6-23(7-3-1)11-13-4-5-17(24-13)18-20-15-8-12-10-19-22-14(12)9-16(15)21-18/h4-5,8-10H,1-3,6-7,11H2,(H,19,22)(H,20,21). The van der Waals surface area contributed by atoms with Crippen molar-refractivity contribution in [2.75, 3.05) is 13.1 Å². The summed E-state index contributed by atoms with van der Waals surface area (Å²) in [6.45, 7) is 3.54. The zero-order chi connectivity index (χ0) is 15.9. The fraction of sp³-hybridized carbons (Fsp3) is 0.333. The van der Waals surface area contributed by atoms with Crippen LogP contribution in [0.15, 0.2) is 30.5 Å². The summed E-state index contributed by atoms with van der Waals surface area (Å²) in [4.78, 5) is 13.4. The molecule has 0 amide bonds. The number of rotatable bonds is 3. The minimum atomic E-state index is 0.955. The van der Waals surface area contributed by atoms with Crippen LogP contribution in [-0.2, 0) is 6.54 Å². The Labute approximate surface area is 143 Å². The van der Waals surface area contributed by atoms with Gasteiger partial charge in [0.1, 0.15) is 5.82 Å². The second kappa shape index (κ2) is 5.72. The lowest BCUT2D eigenvalue weighted by Crippen LogP contribution is -2.28. The molecule has 0 bridgehead atoms. The number of imidazole rings is 1. The molecular weight excluding hydrogens is 318 g/mol. The topological polar surface area (TPSA) is 60.6 Å². The van der Waals surface area contributed by atoms with Crippen LogP contribution in [0.25, 0.3) is 32.6 Å². The van der Waals surface area contributed by atoms with Gasteiger partial charge < -0.3 is 4.98 Å². The molecule has 1 aliphatic rings. The average Bonchev–Trinajstić information content (AvgIpc) is 3.31. The summed E-state index contributed by atoms with van der Waals surface area (Å²) in [6, 6.07) is 8.57. The quantitative estimate of drug-likeness (QED) is 0.590. The molecule has 4 heterocycles. The van der Waals surface area contributed by atoms with E-state index in [1.54, 1.807) is 0 Å². The molecule has 1 saturated heterocycles. The lowest BCUT2D eigenvalue weighted by Gasteiger charge is -2.25. The highest BCUT2D eigenvalue weighted by Gasteiger charge is 2.14. The van der Waals surface area contributed by atoms with Crippen molar-refractivity contribution < 1.29 is 0 Å². The van der Waals surface area contributed by atoms with Gasteiger partial charge in [0.15, 0.2) is 0 Å². The third-order valence-corrected chi connectivity index (χ3v) is 5.84. The molecule has 0 atom stereocenters. The molecular formula is C18H19N5S. The van der Waals surface area contributed by atoms with Gasteiger partial charge in [0, 0.05) is 23.0 Å². The molecule has 0 saturated carbocycles. The van der Waals surface area contributed by atoms with Gasteiger partial charge in [0.05, 0.1) is 21.4 Å². The minimum absolute atomic E-state index is 0.955. The van der Waals surface area contributed by atoms with Crippen LogP contribution >= 0.6 is 11.3 Å². The number of fused-ring (bicyclic) bond motifs is 2. The summed E-state index contributed by atoms with van der Waals surface area (Å²) >= 11 is 1.84. The fourth-order valence-corrected chi connectivity index (χ4v) is 4.49. The van der Waals surface area contributed by atoms with Crippen LogP contribution in [0, 0.1) is 0 Å². The molecule has 3 aromatic heterocycles. The molecule has 24 heavy (non-hydrogen) atoms. The number of nitrogens with zero attached hydrogens (tertiary/aromatic N) is 3. The number of nitrogens with one attached hydrogen (secondary N) is 2. The number of hydrogen-bond acceptors (Lipinski definition) is 4. The molecule has 5 rings (SSSR count). The summed E-state index contributed by atoms with van der Waals surface area (Å²) in [7, 11) is 0. The van der Waals surface area contributed by atoms with Gasteiger partial charge in [0.25, 0.3) is 0 Å². The van der Waals surface area contributed by atoms with E-state index in [4.69, 9.17) is 4.98 Å². The van der Waals surface area contributed by atoms with E-state index in [0.717, 1.165) is 34.3 Å². The van der Waals surface area contributed by atoms with Crippen molar-refractivity contribution in [1.82, 2.24) is 25.1 Å². The number of aromatic amines is 2. The number of aromatic nitrogens is 4. The Balaban J connectivity index is 1.44. The maximum Gasteiger partial charge on any atom is 0.148 e. The van der Waals surface area contributed by atoms with Crippen molar-refractivity contribution in [3.05, 3.63) is 35.3 Å². The van der Waals surface area contributed by atoms with Gasteiger partial charge in [-0.15, -0.1) is 11.3 Å². The number of H-pyrrole nitrogens is 2. The summed E-state index contributed by atoms with van der Waals surface area (Å²) in [5, 5.41) is 8.24. The Kier molecular flexibility index (Phi) is 3.38. The third-order valence-electron chi connectivity index (χ3n) is 4.76. The maximum atomic E-state index is 4.77. The average molecular weight is 337 g/mol. The van der Waals surface area contributed by atoms with Gasteiger partial charge >= 0.3 is 0 Å². The zero-order valence-electron chi connectivity index (χ0n) is 13.4. The Hall–Kier alpha value is -2.18. The van der Waals surface area contributed by atoms with Crippen LogP contribution in [0.4, 0.5) is 0 Å². The zero-order valence-corrected chi connectivity index (χ0v) is 14.2. The molecule has 2 N–H and O–H groups in total. The highest BCUT2D eigenvalue weighted by atomic mass is 32.1. The Morgan fingerprint density at radius 2 is 2.00 bits per heavy atom. The molecule has 0 spiro atoms. The first-order valence-corrected chi connectivity index (χ1v) is 9.31. The van der Waals surface area contributed by atoms with Crippen LogP contribution < -0.4 is 0 Å². The summed E-state index contributed by atoms with van der Waals surface area (Å²) in [5.41, 5.74) is 3.00. The highest BCUT2D eigenvalue weighted by molar-refractivity contribution is 7.15. The third kappa shape index (κ3) is 2.52. The lowest BCUT2D eigenvalue weighted by molar-refractivity contribution is 0.222. The predicted octanol–water partition coefficient (Wildman–Crippen LogP) is 4.15. The SMILES string of the molecule is c1cc(-c2nc3cc4c[nH]nc4cc3[nH]2)sc1CN1CCCCC1. The van der Waals surface area contributed by atoms with Crippen LogP contribution in [-0.4, -0.2) is 38.2 Å². The van der Waals surface area contributed by atoms with E-state index in [9.17, 15) is 0 Å². The Morgan fingerprint density at radius 3 is 2.92 bits per heavy atom. The number of likely N-dealkylation sites (tertiary alicyclic amines) is 1. The first-order chi connectivity index (χ1) is 11.8. The number of benzene rings is 1. The van der Waals surface area contributed by atoms with E-state index in [1.807, 2.05) is 17.5 Å². The maximum absolute atomic E-state index is 4.77. The highest BCUT2D eigenvalue weighted by Crippen LogP contribution is 2.30. The molecule has 1 fully saturated rings. The summed E-state index contributed by atoms with van der Waals surface area (Å²) in [5.74, 6) is 0.955. The molecule has 0 radical (unpaired) electrons. The normalized spacial score (nSPS) is 16.3. The van der Waals surface area contributed by atoms with Crippen molar-refractivity contribution in [2.45, 2.75) is 25.8 Å². The van der Waals surface area contributed by atoms with Crippen LogP contribution in [0.1, 0.15) is 24.1 Å². The first-order valence-electron chi connectivity index (χ1n) is 8.50. The Morgan fingerprint density at radius 1 is 1.08 bits per heavy atom. The van der Waals surface area contributed by atoms with Crippen molar-refractivity contribution in [3.63, 3.8) is 0 Å². The van der Waals surface area contributed by atoms with Gasteiger partial charge in [-0.3, -0.25) is 10.00 Å². The summed E-state index contributed by atoms with van der Waals surface area (Å²) in [6.07, 6.45) is 5.96. The van der Waals surface area contributed by atoms with Gasteiger partial charge in [0.2, 0.25) is 0 Å². The molecule has 5 nitrogen and oxygen atoms in total. The van der Waals surface area contributed by atoms with Gasteiger partial charge in [-0.25, -0.2) is 4.98 Å². The number of piperidine rings is 1. The predicted molar refractivity (Wildman–Crippen MR) is 98.2 cm³/mol.